The molecule has 5 heteroatoms. The number of hydrogen-bond donors (Lipinski definition) is 3. The number of fused-ring (bicyclic) bond motifs is 1. The third kappa shape index (κ3) is 6.20. The number of carbonyl (C=O) groups excluding carboxylic acids is 1. The van der Waals surface area contributed by atoms with Crippen molar-refractivity contribution in [3.05, 3.63) is 23.8 Å². The van der Waals surface area contributed by atoms with E-state index < -0.39 is 6.10 Å². The molecular weight excluding hydrogens is 352 g/mol. The molecule has 0 aromatic rings. The van der Waals surface area contributed by atoms with E-state index in [-0.39, 0.29) is 23.8 Å². The van der Waals surface area contributed by atoms with Crippen LogP contribution in [0.15, 0.2) is 23.8 Å². The Morgan fingerprint density at radius 3 is 2.82 bits per heavy atom. The van der Waals surface area contributed by atoms with Crippen molar-refractivity contribution >= 4 is 5.91 Å². The summed E-state index contributed by atoms with van der Waals surface area (Å²) < 4.78 is 0. The zero-order valence-electron chi connectivity index (χ0n) is 17.7. The van der Waals surface area contributed by atoms with E-state index in [0.29, 0.717) is 31.3 Å². The molecule has 3 N–H and O–H groups in total. The first-order valence-electron chi connectivity index (χ1n) is 10.4. The molecule has 156 valence electrons. The highest BCUT2D eigenvalue weighted by Crippen LogP contribution is 2.50. The highest BCUT2D eigenvalue weighted by atomic mass is 16.3. The van der Waals surface area contributed by atoms with Gasteiger partial charge in [-0.05, 0) is 43.9 Å². The van der Waals surface area contributed by atoms with Gasteiger partial charge in [0.05, 0.1) is 18.8 Å². The molecule has 2 rings (SSSR count). The molecule has 0 heterocycles. The monoisotopic (exact) mass is 388 g/mol. The second-order valence-corrected chi connectivity index (χ2v) is 8.48. The Bertz CT molecular complexity index is 644. The molecular formula is C23H36N2O3. The van der Waals surface area contributed by atoms with E-state index in [1.807, 2.05) is 26.0 Å². The first kappa shape index (κ1) is 22.7. The Hall–Kier alpha value is -1.61. The molecule has 0 aliphatic heterocycles. The number of rotatable bonds is 8. The minimum atomic E-state index is -0.526. The van der Waals surface area contributed by atoms with Crippen molar-refractivity contribution in [3.63, 3.8) is 0 Å². The van der Waals surface area contributed by atoms with Crippen molar-refractivity contribution in [1.82, 2.24) is 10.2 Å². The smallest absolute Gasteiger partial charge is 0.236 e. The summed E-state index contributed by atoms with van der Waals surface area (Å²) in [7, 11) is 3.52. The van der Waals surface area contributed by atoms with Crippen molar-refractivity contribution in [2.75, 3.05) is 27.2 Å². The number of nitrogens with zero attached hydrogens (tertiary/aromatic N) is 1. The third-order valence-electron chi connectivity index (χ3n) is 6.14. The van der Waals surface area contributed by atoms with Gasteiger partial charge in [-0.3, -0.25) is 4.79 Å². The van der Waals surface area contributed by atoms with E-state index in [4.69, 9.17) is 0 Å². The summed E-state index contributed by atoms with van der Waals surface area (Å²) in [4.78, 5) is 13.2. The van der Waals surface area contributed by atoms with Gasteiger partial charge in [0.15, 0.2) is 0 Å². The molecule has 0 aromatic carbocycles. The maximum atomic E-state index is 11.6. The third-order valence-corrected chi connectivity index (χ3v) is 6.14. The first-order valence-corrected chi connectivity index (χ1v) is 10.4. The molecule has 0 spiro atoms. The average molecular weight is 389 g/mol. The maximum absolute atomic E-state index is 11.6. The highest BCUT2D eigenvalue weighted by molar-refractivity contribution is 5.77. The van der Waals surface area contributed by atoms with E-state index in [0.717, 1.165) is 19.3 Å². The molecule has 1 amide bonds. The number of hydrogen-bond acceptors (Lipinski definition) is 4. The summed E-state index contributed by atoms with van der Waals surface area (Å²) >= 11 is 0. The van der Waals surface area contributed by atoms with Gasteiger partial charge in [-0.1, -0.05) is 30.7 Å². The van der Waals surface area contributed by atoms with Crippen LogP contribution >= 0.6 is 0 Å². The van der Waals surface area contributed by atoms with Crippen LogP contribution in [0.25, 0.3) is 0 Å². The SMILES string of the molecule is CC#CC[C@H](C)[C@H](O)/C=C/[C@@H]1[C@H]2C/C(=C/CNCC(=O)N(C)C)C[C@H]2C[C@H]1O. The zero-order chi connectivity index (χ0) is 20.7. The molecule has 28 heavy (non-hydrogen) atoms. The summed E-state index contributed by atoms with van der Waals surface area (Å²) in [6, 6.07) is 0. The minimum absolute atomic E-state index is 0.0766. The molecule has 2 aliphatic rings. The van der Waals surface area contributed by atoms with E-state index in [1.54, 1.807) is 19.0 Å². The maximum Gasteiger partial charge on any atom is 0.236 e. The average Bonchev–Trinajstić information content (AvgIpc) is 3.17. The number of aliphatic hydroxyl groups excluding tert-OH is 2. The lowest BCUT2D eigenvalue weighted by Crippen LogP contribution is -2.33. The lowest BCUT2D eigenvalue weighted by molar-refractivity contribution is -0.127. The second-order valence-electron chi connectivity index (χ2n) is 8.48. The Morgan fingerprint density at radius 1 is 1.39 bits per heavy atom. The topological polar surface area (TPSA) is 72.8 Å². The molecule has 2 saturated carbocycles. The first-order chi connectivity index (χ1) is 13.3. The number of aliphatic hydroxyl groups is 2. The van der Waals surface area contributed by atoms with Crippen LogP contribution in [0.2, 0.25) is 0 Å². The summed E-state index contributed by atoms with van der Waals surface area (Å²) in [5.41, 5.74) is 1.41. The fourth-order valence-electron chi connectivity index (χ4n) is 4.31. The van der Waals surface area contributed by atoms with Gasteiger partial charge in [-0.15, -0.1) is 11.8 Å². The van der Waals surface area contributed by atoms with Crippen LogP contribution in [0, 0.1) is 35.5 Å². The van der Waals surface area contributed by atoms with E-state index >= 15 is 0 Å². The fraction of sp³-hybridized carbons (Fsp3) is 0.696. The van der Waals surface area contributed by atoms with Gasteiger partial charge < -0.3 is 20.4 Å². The van der Waals surface area contributed by atoms with Crippen LogP contribution in [-0.2, 0) is 4.79 Å². The fourth-order valence-corrected chi connectivity index (χ4v) is 4.31. The highest BCUT2D eigenvalue weighted by Gasteiger charge is 2.44. The van der Waals surface area contributed by atoms with Crippen LogP contribution < -0.4 is 5.32 Å². The minimum Gasteiger partial charge on any atom is -0.392 e. The summed E-state index contributed by atoms with van der Waals surface area (Å²) in [6.45, 7) is 4.86. The summed E-state index contributed by atoms with van der Waals surface area (Å²) in [5, 5.41) is 24.0. The number of allylic oxidation sites excluding steroid dienone is 1. The van der Waals surface area contributed by atoms with Gasteiger partial charge in [0, 0.05) is 33.0 Å². The van der Waals surface area contributed by atoms with Crippen molar-refractivity contribution in [3.8, 4) is 11.8 Å². The normalized spacial score (nSPS) is 30.1. The molecule has 0 saturated heterocycles. The molecule has 2 aliphatic carbocycles. The standard InChI is InChI=1S/C23H36N2O3/c1-5-6-7-16(2)21(26)9-8-19-20-13-17(12-18(20)14-22(19)27)10-11-24-15-23(28)25(3)4/h8-10,16,18-22,24,26-27H,7,11-15H2,1-4H3/b9-8+,17-10+/t16-,18-,19+,20-,21+,22+/m0/s1. The van der Waals surface area contributed by atoms with Crippen molar-refractivity contribution < 1.29 is 15.0 Å². The van der Waals surface area contributed by atoms with Crippen molar-refractivity contribution in [2.24, 2.45) is 23.7 Å². The molecule has 0 unspecified atom stereocenters. The molecule has 0 bridgehead atoms. The van der Waals surface area contributed by atoms with E-state index in [1.165, 1.54) is 5.57 Å². The van der Waals surface area contributed by atoms with Gasteiger partial charge in [0.25, 0.3) is 0 Å². The number of likely N-dealkylation sites (N-methyl/N-ethyl adjacent to an activating group) is 1. The van der Waals surface area contributed by atoms with Crippen LogP contribution in [-0.4, -0.2) is 60.4 Å². The van der Waals surface area contributed by atoms with Crippen LogP contribution in [0.5, 0.6) is 0 Å². The quantitative estimate of drug-likeness (QED) is 0.338. The van der Waals surface area contributed by atoms with Gasteiger partial charge in [0.2, 0.25) is 5.91 Å². The van der Waals surface area contributed by atoms with Gasteiger partial charge in [-0.25, -0.2) is 0 Å². The molecule has 0 radical (unpaired) electrons. The predicted molar refractivity (Wildman–Crippen MR) is 112 cm³/mol. The van der Waals surface area contributed by atoms with E-state index in [9.17, 15) is 15.0 Å². The zero-order valence-corrected chi connectivity index (χ0v) is 17.7. The Balaban J connectivity index is 1.86. The summed E-state index contributed by atoms with van der Waals surface area (Å²) in [5.74, 6) is 7.12. The lowest BCUT2D eigenvalue weighted by atomic mass is 9.89. The lowest BCUT2D eigenvalue weighted by Gasteiger charge is -2.19. The molecule has 5 nitrogen and oxygen atoms in total. The number of nitrogens with one attached hydrogen (secondary N) is 1. The largest absolute Gasteiger partial charge is 0.392 e. The van der Waals surface area contributed by atoms with Gasteiger partial charge in [-0.2, -0.15) is 0 Å². The van der Waals surface area contributed by atoms with Gasteiger partial charge >= 0.3 is 0 Å². The summed E-state index contributed by atoms with van der Waals surface area (Å²) in [6.07, 6.45) is 8.78. The van der Waals surface area contributed by atoms with E-state index in [2.05, 4.69) is 23.2 Å². The molecule has 6 atom stereocenters. The molecule has 0 aromatic heterocycles. The van der Waals surface area contributed by atoms with Crippen LogP contribution in [0.3, 0.4) is 0 Å². The predicted octanol–water partition coefficient (Wildman–Crippen LogP) is 1.96. The Labute approximate surface area is 169 Å². The van der Waals surface area contributed by atoms with Crippen molar-refractivity contribution in [1.29, 1.82) is 0 Å². The number of carbonyl (C=O) groups is 1. The van der Waals surface area contributed by atoms with Crippen LogP contribution in [0.4, 0.5) is 0 Å². The Kier molecular flexibility index (Phi) is 8.75. The van der Waals surface area contributed by atoms with Crippen LogP contribution in [0.1, 0.15) is 39.5 Å². The van der Waals surface area contributed by atoms with Gasteiger partial charge in [0.1, 0.15) is 0 Å². The Morgan fingerprint density at radius 2 is 2.14 bits per heavy atom. The second kappa shape index (κ2) is 10.8. The molecule has 2 fully saturated rings. The number of amides is 1. The van der Waals surface area contributed by atoms with Crippen molar-refractivity contribution in [2.45, 2.75) is 51.7 Å².